The molecule has 0 amide bonds. The molecule has 0 heterocycles. The van der Waals surface area contributed by atoms with Gasteiger partial charge in [0.2, 0.25) is 0 Å². The molecule has 0 aromatic heterocycles. The fraction of sp³-hybridized carbons (Fsp3) is 0.850. The van der Waals surface area contributed by atoms with Gasteiger partial charge in [0.15, 0.2) is 0 Å². The van der Waals surface area contributed by atoms with E-state index in [1.807, 2.05) is 6.08 Å². The molecule has 0 aliphatic heterocycles. The van der Waals surface area contributed by atoms with E-state index in [2.05, 4.69) is 6.08 Å². The first-order chi connectivity index (χ1) is 11.6. The van der Waals surface area contributed by atoms with Gasteiger partial charge in [0.05, 0.1) is 12.2 Å². The van der Waals surface area contributed by atoms with Crippen LogP contribution in [0.1, 0.15) is 70.6 Å². The average Bonchev–Trinajstić information content (AvgIpc) is 2.83. The zero-order valence-electron chi connectivity index (χ0n) is 14.8. The number of carbonyl (C=O) groups excluding carboxylic acids is 1. The van der Waals surface area contributed by atoms with Gasteiger partial charge >= 0.3 is 0 Å². The van der Waals surface area contributed by atoms with Gasteiger partial charge in [0.25, 0.3) is 0 Å². The van der Waals surface area contributed by atoms with Crippen LogP contribution in [0.15, 0.2) is 12.2 Å². The molecule has 0 spiro atoms. The zero-order chi connectivity index (χ0) is 17.4. The lowest BCUT2D eigenvalue weighted by atomic mass is 9.83. The highest BCUT2D eigenvalue weighted by Gasteiger charge is 2.39. The van der Waals surface area contributed by atoms with Gasteiger partial charge in [-0.1, -0.05) is 50.7 Å². The van der Waals surface area contributed by atoms with E-state index in [9.17, 15) is 15.0 Å². The first kappa shape index (κ1) is 19.6. The van der Waals surface area contributed by atoms with Gasteiger partial charge in [-0.15, -0.1) is 0 Å². The van der Waals surface area contributed by atoms with E-state index >= 15 is 0 Å². The third-order valence-corrected chi connectivity index (χ3v) is 5.77. The van der Waals surface area contributed by atoms with Crippen molar-refractivity contribution in [1.29, 1.82) is 0 Å². The summed E-state index contributed by atoms with van der Waals surface area (Å²) in [6.45, 7) is 0.257. The van der Waals surface area contributed by atoms with Crippen molar-refractivity contribution in [3.63, 3.8) is 0 Å². The largest absolute Gasteiger partial charge is 0.396 e. The molecular formula is C20H34O4. The highest BCUT2D eigenvalue weighted by molar-refractivity contribution is 5.84. The zero-order valence-corrected chi connectivity index (χ0v) is 14.8. The van der Waals surface area contributed by atoms with Crippen LogP contribution in [0.2, 0.25) is 0 Å². The molecule has 0 radical (unpaired) electrons. The van der Waals surface area contributed by atoms with Gasteiger partial charge in [-0.25, -0.2) is 0 Å². The van der Waals surface area contributed by atoms with E-state index in [1.54, 1.807) is 0 Å². The minimum atomic E-state index is -0.561. The van der Waals surface area contributed by atoms with Gasteiger partial charge in [-0.2, -0.15) is 0 Å². The molecule has 5 atom stereocenters. The molecule has 3 N–H and O–H groups in total. The van der Waals surface area contributed by atoms with Crippen LogP contribution in [-0.2, 0) is 4.79 Å². The van der Waals surface area contributed by atoms with Crippen LogP contribution in [-0.4, -0.2) is 39.9 Å². The highest BCUT2D eigenvalue weighted by atomic mass is 16.3. The lowest BCUT2D eigenvalue weighted by Crippen LogP contribution is -2.24. The summed E-state index contributed by atoms with van der Waals surface area (Å²) >= 11 is 0. The Bertz CT molecular complexity index is 406. The Morgan fingerprint density at radius 3 is 2.38 bits per heavy atom. The minimum Gasteiger partial charge on any atom is -0.396 e. The lowest BCUT2D eigenvalue weighted by molar-refractivity contribution is -0.121. The van der Waals surface area contributed by atoms with E-state index in [-0.39, 0.29) is 42.7 Å². The average molecular weight is 338 g/mol. The number of hydrogen-bond acceptors (Lipinski definition) is 4. The molecule has 0 aromatic carbocycles. The molecule has 24 heavy (non-hydrogen) atoms. The SMILES string of the molecule is O=C1C[C@@H](O)[C@H](/C=C/C2CCCC[C@H]2O)[C@H]1CCCCCCCO. The van der Waals surface area contributed by atoms with Crippen LogP contribution >= 0.6 is 0 Å². The maximum Gasteiger partial charge on any atom is 0.139 e. The quantitative estimate of drug-likeness (QED) is 0.446. The van der Waals surface area contributed by atoms with Crippen molar-refractivity contribution in [1.82, 2.24) is 0 Å². The van der Waals surface area contributed by atoms with Crippen molar-refractivity contribution in [2.24, 2.45) is 17.8 Å². The van der Waals surface area contributed by atoms with Crippen molar-refractivity contribution >= 4 is 5.78 Å². The highest BCUT2D eigenvalue weighted by Crippen LogP contribution is 2.35. The number of hydrogen-bond donors (Lipinski definition) is 3. The normalized spacial score (nSPS) is 34.3. The molecular weight excluding hydrogens is 304 g/mol. The molecule has 0 saturated heterocycles. The predicted molar refractivity (Wildman–Crippen MR) is 94.5 cm³/mol. The third kappa shape index (κ3) is 5.68. The Morgan fingerprint density at radius 2 is 1.62 bits per heavy atom. The molecule has 4 nitrogen and oxygen atoms in total. The monoisotopic (exact) mass is 338 g/mol. The molecule has 2 fully saturated rings. The van der Waals surface area contributed by atoms with Crippen LogP contribution in [0.4, 0.5) is 0 Å². The van der Waals surface area contributed by atoms with Crippen molar-refractivity contribution in [3.8, 4) is 0 Å². The van der Waals surface area contributed by atoms with Gasteiger partial charge in [-0.3, -0.25) is 4.79 Å². The first-order valence-electron chi connectivity index (χ1n) is 9.81. The lowest BCUT2D eigenvalue weighted by Gasteiger charge is -2.26. The van der Waals surface area contributed by atoms with E-state index in [0.717, 1.165) is 64.2 Å². The Morgan fingerprint density at radius 1 is 0.917 bits per heavy atom. The molecule has 4 heteroatoms. The minimum absolute atomic E-state index is 0.0603. The second-order valence-corrected chi connectivity index (χ2v) is 7.60. The summed E-state index contributed by atoms with van der Waals surface area (Å²) in [5, 5.41) is 29.1. The summed E-state index contributed by atoms with van der Waals surface area (Å²) in [6, 6.07) is 0. The second kappa shape index (κ2) is 10.3. The topological polar surface area (TPSA) is 77.8 Å². The molecule has 2 aliphatic rings. The van der Waals surface area contributed by atoms with Crippen LogP contribution in [0, 0.1) is 17.8 Å². The fourth-order valence-electron chi connectivity index (χ4n) is 4.23. The van der Waals surface area contributed by atoms with E-state index in [1.165, 1.54) is 0 Å². The molecule has 0 bridgehead atoms. The number of carbonyl (C=O) groups is 1. The fourth-order valence-corrected chi connectivity index (χ4v) is 4.23. The van der Waals surface area contributed by atoms with Crippen molar-refractivity contribution in [2.75, 3.05) is 6.61 Å². The number of Topliss-reactive ketones (excluding diaryl/α,β-unsaturated/α-hetero) is 1. The van der Waals surface area contributed by atoms with E-state index in [0.29, 0.717) is 0 Å². The number of rotatable bonds is 9. The summed E-state index contributed by atoms with van der Waals surface area (Å²) in [5.74, 6) is 0.233. The van der Waals surface area contributed by atoms with E-state index < -0.39 is 6.10 Å². The standard InChI is InChI=1S/C20H34O4/c21-13-7-3-1-2-4-9-16-17(20(24)14-19(16)23)12-11-15-8-5-6-10-18(15)22/h11-12,15-18,20-22,24H,1-10,13-14H2/b12-11+/t15?,16-,17-,18-,20-/m1/s1. The van der Waals surface area contributed by atoms with Crippen LogP contribution in [0.25, 0.3) is 0 Å². The number of aliphatic hydroxyl groups excluding tert-OH is 3. The second-order valence-electron chi connectivity index (χ2n) is 7.60. The Kier molecular flexibility index (Phi) is 8.43. The Balaban J connectivity index is 1.82. The molecule has 2 saturated carbocycles. The van der Waals surface area contributed by atoms with Crippen LogP contribution in [0.5, 0.6) is 0 Å². The first-order valence-corrected chi connectivity index (χ1v) is 9.81. The Hall–Kier alpha value is -0.710. The van der Waals surface area contributed by atoms with Gasteiger partial charge < -0.3 is 15.3 Å². The summed E-state index contributed by atoms with van der Waals surface area (Å²) in [5.41, 5.74) is 0. The maximum absolute atomic E-state index is 12.2. The molecule has 1 unspecified atom stereocenters. The number of aliphatic hydroxyl groups is 3. The molecule has 2 aliphatic carbocycles. The summed E-state index contributed by atoms with van der Waals surface area (Å²) < 4.78 is 0. The Labute approximate surface area is 146 Å². The number of unbranched alkanes of at least 4 members (excludes halogenated alkanes) is 4. The van der Waals surface area contributed by atoms with Crippen LogP contribution < -0.4 is 0 Å². The molecule has 138 valence electrons. The van der Waals surface area contributed by atoms with Crippen molar-refractivity contribution < 1.29 is 20.1 Å². The predicted octanol–water partition coefficient (Wildman–Crippen LogP) is 2.99. The van der Waals surface area contributed by atoms with E-state index in [4.69, 9.17) is 5.11 Å². The van der Waals surface area contributed by atoms with Gasteiger partial charge in [-0.05, 0) is 25.7 Å². The maximum atomic E-state index is 12.2. The van der Waals surface area contributed by atoms with Gasteiger partial charge in [0, 0.05) is 30.8 Å². The van der Waals surface area contributed by atoms with Gasteiger partial charge in [0.1, 0.15) is 5.78 Å². The summed E-state index contributed by atoms with van der Waals surface area (Å²) in [4.78, 5) is 12.2. The van der Waals surface area contributed by atoms with Crippen LogP contribution in [0.3, 0.4) is 0 Å². The summed E-state index contributed by atoms with van der Waals surface area (Å²) in [6.07, 6.45) is 13.6. The van der Waals surface area contributed by atoms with Crippen molar-refractivity contribution in [2.45, 2.75) is 82.8 Å². The molecule has 0 aromatic rings. The summed E-state index contributed by atoms with van der Waals surface area (Å²) in [7, 11) is 0. The van der Waals surface area contributed by atoms with Crippen molar-refractivity contribution in [3.05, 3.63) is 12.2 Å². The third-order valence-electron chi connectivity index (χ3n) is 5.77. The molecule has 2 rings (SSSR count). The number of ketones is 1. The smallest absolute Gasteiger partial charge is 0.139 e.